The van der Waals surface area contributed by atoms with Crippen LogP contribution in [-0.4, -0.2) is 24.7 Å². The molecule has 1 aromatic carbocycles. The monoisotopic (exact) mass is 284 g/mol. The van der Waals surface area contributed by atoms with Crippen LogP contribution in [0.2, 0.25) is 0 Å². The van der Waals surface area contributed by atoms with Gasteiger partial charge >= 0.3 is 0 Å². The van der Waals surface area contributed by atoms with Crippen molar-refractivity contribution in [1.29, 1.82) is 0 Å². The molecule has 112 valence electrons. The summed E-state index contributed by atoms with van der Waals surface area (Å²) in [5.41, 5.74) is 3.74. The fourth-order valence-electron chi connectivity index (χ4n) is 2.25. The zero-order valence-electron chi connectivity index (χ0n) is 12.7. The molecule has 0 aliphatic heterocycles. The first-order valence-electron chi connectivity index (χ1n) is 7.65. The van der Waals surface area contributed by atoms with Crippen LogP contribution in [0.4, 0.5) is 0 Å². The number of nitrogens with zero attached hydrogens (tertiary/aromatic N) is 1. The Balaban J connectivity index is 1.77. The molecule has 0 aliphatic carbocycles. The van der Waals surface area contributed by atoms with Gasteiger partial charge in [0.2, 0.25) is 0 Å². The largest absolute Gasteiger partial charge is 0.376 e. The van der Waals surface area contributed by atoms with Gasteiger partial charge in [-0.2, -0.15) is 0 Å². The first-order chi connectivity index (χ1) is 10.4. The third-order valence-corrected chi connectivity index (χ3v) is 3.43. The molecule has 0 bridgehead atoms. The molecular formula is C18H24N2O. The predicted molar refractivity (Wildman–Crippen MR) is 86.3 cm³/mol. The molecule has 0 radical (unpaired) electrons. The van der Waals surface area contributed by atoms with Crippen LogP contribution in [0.15, 0.2) is 48.7 Å². The molecule has 0 spiro atoms. The van der Waals surface area contributed by atoms with Crippen LogP contribution in [0, 0.1) is 0 Å². The van der Waals surface area contributed by atoms with Crippen LogP contribution in [0.5, 0.6) is 0 Å². The number of ether oxygens (including phenoxy) is 1. The lowest BCUT2D eigenvalue weighted by Crippen LogP contribution is -2.16. The number of likely N-dealkylation sites (N-methyl/N-ethyl adjacent to an activating group) is 1. The van der Waals surface area contributed by atoms with E-state index < -0.39 is 0 Å². The van der Waals surface area contributed by atoms with E-state index in [0.29, 0.717) is 13.2 Å². The Kier molecular flexibility index (Phi) is 6.92. The molecule has 1 N–H and O–H groups in total. The maximum atomic E-state index is 5.81. The third-order valence-electron chi connectivity index (χ3n) is 3.43. The normalized spacial score (nSPS) is 10.7. The van der Waals surface area contributed by atoms with Gasteiger partial charge in [-0.3, -0.25) is 4.98 Å². The lowest BCUT2D eigenvalue weighted by Gasteiger charge is -2.10. The van der Waals surface area contributed by atoms with E-state index in [-0.39, 0.29) is 0 Å². The highest BCUT2D eigenvalue weighted by atomic mass is 16.5. The fraction of sp³-hybridized carbons (Fsp3) is 0.389. The van der Waals surface area contributed by atoms with E-state index in [2.05, 4.69) is 41.5 Å². The predicted octanol–water partition coefficient (Wildman–Crippen LogP) is 2.99. The Hall–Kier alpha value is -1.71. The highest BCUT2D eigenvalue weighted by Gasteiger charge is 2.02. The van der Waals surface area contributed by atoms with Crippen LogP contribution in [0.25, 0.3) is 0 Å². The number of hydrogen-bond acceptors (Lipinski definition) is 3. The van der Waals surface area contributed by atoms with Crippen LogP contribution >= 0.6 is 0 Å². The van der Waals surface area contributed by atoms with Crippen molar-refractivity contribution in [3.05, 3.63) is 65.5 Å². The summed E-state index contributed by atoms with van der Waals surface area (Å²) in [7, 11) is 0. The number of aromatic nitrogens is 1. The second-order valence-electron chi connectivity index (χ2n) is 5.00. The Morgan fingerprint density at radius 2 is 1.81 bits per heavy atom. The van der Waals surface area contributed by atoms with E-state index in [1.165, 1.54) is 11.1 Å². The first-order valence-corrected chi connectivity index (χ1v) is 7.65. The van der Waals surface area contributed by atoms with Crippen molar-refractivity contribution in [2.24, 2.45) is 0 Å². The second kappa shape index (κ2) is 9.27. The van der Waals surface area contributed by atoms with Crippen molar-refractivity contribution in [3.63, 3.8) is 0 Å². The SMILES string of the molecule is CCNCCc1ccccc1COCCc1ccccn1. The molecule has 0 aliphatic rings. The van der Waals surface area contributed by atoms with Gasteiger partial charge in [-0.25, -0.2) is 0 Å². The number of hydrogen-bond donors (Lipinski definition) is 1. The summed E-state index contributed by atoms with van der Waals surface area (Å²) in [6, 6.07) is 14.5. The Morgan fingerprint density at radius 1 is 1.00 bits per heavy atom. The van der Waals surface area contributed by atoms with Crippen molar-refractivity contribution in [1.82, 2.24) is 10.3 Å². The second-order valence-corrected chi connectivity index (χ2v) is 5.00. The Labute approximate surface area is 127 Å². The third kappa shape index (κ3) is 5.66. The van der Waals surface area contributed by atoms with Gasteiger partial charge in [-0.15, -0.1) is 0 Å². The average molecular weight is 284 g/mol. The molecule has 1 heterocycles. The molecule has 2 aromatic rings. The van der Waals surface area contributed by atoms with Gasteiger partial charge in [-0.05, 0) is 42.8 Å². The van der Waals surface area contributed by atoms with Crippen molar-refractivity contribution < 1.29 is 4.74 Å². The Morgan fingerprint density at radius 3 is 2.57 bits per heavy atom. The summed E-state index contributed by atoms with van der Waals surface area (Å²) in [6.45, 7) is 5.55. The van der Waals surface area contributed by atoms with E-state index in [9.17, 15) is 0 Å². The van der Waals surface area contributed by atoms with E-state index in [1.807, 2.05) is 24.4 Å². The summed E-state index contributed by atoms with van der Waals surface area (Å²) in [5.74, 6) is 0. The molecule has 0 fully saturated rings. The molecule has 0 saturated carbocycles. The van der Waals surface area contributed by atoms with Crippen molar-refractivity contribution in [3.8, 4) is 0 Å². The minimum Gasteiger partial charge on any atom is -0.376 e. The molecule has 3 nitrogen and oxygen atoms in total. The highest BCUT2D eigenvalue weighted by Crippen LogP contribution is 2.11. The van der Waals surface area contributed by atoms with Crippen LogP contribution in [0.1, 0.15) is 23.7 Å². The highest BCUT2D eigenvalue weighted by molar-refractivity contribution is 5.26. The molecule has 0 unspecified atom stereocenters. The first kappa shape index (κ1) is 15.7. The average Bonchev–Trinajstić information content (AvgIpc) is 2.54. The van der Waals surface area contributed by atoms with Crippen molar-refractivity contribution in [2.75, 3.05) is 19.7 Å². The van der Waals surface area contributed by atoms with Crippen LogP contribution < -0.4 is 5.32 Å². The molecule has 0 atom stereocenters. The molecule has 2 rings (SSSR count). The van der Waals surface area contributed by atoms with Gasteiger partial charge in [0.1, 0.15) is 0 Å². The number of benzene rings is 1. The minimum atomic E-state index is 0.676. The maximum absolute atomic E-state index is 5.81. The van der Waals surface area contributed by atoms with E-state index in [0.717, 1.165) is 31.6 Å². The Bertz CT molecular complexity index is 514. The van der Waals surface area contributed by atoms with Gasteiger partial charge in [0.15, 0.2) is 0 Å². The van der Waals surface area contributed by atoms with Crippen LogP contribution in [0.3, 0.4) is 0 Å². The van der Waals surface area contributed by atoms with E-state index in [4.69, 9.17) is 4.74 Å². The summed E-state index contributed by atoms with van der Waals surface area (Å²) in [6.07, 6.45) is 3.74. The summed E-state index contributed by atoms with van der Waals surface area (Å²) >= 11 is 0. The lowest BCUT2D eigenvalue weighted by molar-refractivity contribution is 0.122. The van der Waals surface area contributed by atoms with Gasteiger partial charge < -0.3 is 10.1 Å². The van der Waals surface area contributed by atoms with Gasteiger partial charge in [0.05, 0.1) is 13.2 Å². The maximum Gasteiger partial charge on any atom is 0.0719 e. The topological polar surface area (TPSA) is 34.1 Å². The van der Waals surface area contributed by atoms with E-state index in [1.54, 1.807) is 0 Å². The standard InChI is InChI=1S/C18H24N2O/c1-2-19-13-10-16-7-3-4-8-17(16)15-21-14-11-18-9-5-6-12-20-18/h3-9,12,19H,2,10-11,13-15H2,1H3. The molecular weight excluding hydrogens is 260 g/mol. The van der Waals surface area contributed by atoms with Gasteiger partial charge in [-0.1, -0.05) is 37.3 Å². The molecule has 3 heteroatoms. The molecule has 1 aromatic heterocycles. The number of pyridine rings is 1. The lowest BCUT2D eigenvalue weighted by atomic mass is 10.1. The quantitative estimate of drug-likeness (QED) is 0.719. The van der Waals surface area contributed by atoms with Crippen molar-refractivity contribution >= 4 is 0 Å². The van der Waals surface area contributed by atoms with Gasteiger partial charge in [0.25, 0.3) is 0 Å². The minimum absolute atomic E-state index is 0.676. The smallest absolute Gasteiger partial charge is 0.0719 e. The molecule has 0 amide bonds. The summed E-state index contributed by atoms with van der Waals surface area (Å²) in [5, 5.41) is 3.36. The number of rotatable bonds is 9. The van der Waals surface area contributed by atoms with Gasteiger partial charge in [0, 0.05) is 18.3 Å². The van der Waals surface area contributed by atoms with Crippen LogP contribution in [-0.2, 0) is 24.2 Å². The number of nitrogens with one attached hydrogen (secondary N) is 1. The van der Waals surface area contributed by atoms with Crippen molar-refractivity contribution in [2.45, 2.75) is 26.4 Å². The zero-order chi connectivity index (χ0) is 14.8. The summed E-state index contributed by atoms with van der Waals surface area (Å²) in [4.78, 5) is 4.30. The molecule has 21 heavy (non-hydrogen) atoms. The van der Waals surface area contributed by atoms with E-state index >= 15 is 0 Å². The fourth-order valence-corrected chi connectivity index (χ4v) is 2.25. The molecule has 0 saturated heterocycles. The zero-order valence-corrected chi connectivity index (χ0v) is 12.7. The summed E-state index contributed by atoms with van der Waals surface area (Å²) < 4.78 is 5.81.